The van der Waals surface area contributed by atoms with E-state index in [0.29, 0.717) is 38.0 Å². The highest BCUT2D eigenvalue weighted by Gasteiger charge is 2.51. The fraction of sp³-hybridized carbons (Fsp3) is 0.568. The van der Waals surface area contributed by atoms with Crippen molar-refractivity contribution in [3.63, 3.8) is 0 Å². The molecule has 2 aromatic heterocycles. The van der Waals surface area contributed by atoms with Gasteiger partial charge >= 0.3 is 5.97 Å². The Balaban J connectivity index is 1.27. The number of carbonyl (C=O) groups is 2. The molecule has 8 nitrogen and oxygen atoms in total. The van der Waals surface area contributed by atoms with Gasteiger partial charge in [-0.25, -0.2) is 4.98 Å². The number of rotatable bonds is 8. The summed E-state index contributed by atoms with van der Waals surface area (Å²) in [5, 5.41) is 14.2. The van der Waals surface area contributed by atoms with Gasteiger partial charge in [-0.2, -0.15) is 5.10 Å². The van der Waals surface area contributed by atoms with E-state index in [9.17, 15) is 14.7 Å². The molecule has 0 spiro atoms. The summed E-state index contributed by atoms with van der Waals surface area (Å²) in [4.78, 5) is 32.8. The lowest BCUT2D eigenvalue weighted by Gasteiger charge is -2.55. The van der Waals surface area contributed by atoms with Crippen molar-refractivity contribution >= 4 is 17.7 Å². The van der Waals surface area contributed by atoms with E-state index >= 15 is 0 Å². The van der Waals surface area contributed by atoms with Crippen LogP contribution in [-0.4, -0.2) is 45.4 Å². The molecular weight excluding hydrogens is 564 g/mol. The molecule has 0 atom stereocenters. The maximum atomic E-state index is 14.4. The molecule has 45 heavy (non-hydrogen) atoms. The fourth-order valence-corrected chi connectivity index (χ4v) is 8.14. The minimum atomic E-state index is -0.748. The first-order valence-corrected chi connectivity index (χ1v) is 16.6. The Morgan fingerprint density at radius 2 is 1.64 bits per heavy atom. The zero-order valence-corrected chi connectivity index (χ0v) is 27.5. The van der Waals surface area contributed by atoms with Gasteiger partial charge in [-0.3, -0.25) is 19.2 Å². The molecule has 4 fully saturated rings. The molecule has 240 valence electrons. The van der Waals surface area contributed by atoms with E-state index < -0.39 is 5.97 Å². The molecule has 0 aliphatic heterocycles. The molecule has 2 bridgehead atoms. The van der Waals surface area contributed by atoms with Gasteiger partial charge in [0, 0.05) is 30.4 Å². The minimum Gasteiger partial charge on any atom is -0.496 e. The lowest BCUT2D eigenvalue weighted by Crippen LogP contribution is -2.52. The summed E-state index contributed by atoms with van der Waals surface area (Å²) in [5.74, 6) is 0.429. The van der Waals surface area contributed by atoms with Crippen LogP contribution in [0, 0.1) is 24.2 Å². The van der Waals surface area contributed by atoms with Crippen LogP contribution in [-0.2, 0) is 20.5 Å². The Morgan fingerprint density at radius 3 is 2.22 bits per heavy atom. The van der Waals surface area contributed by atoms with Crippen molar-refractivity contribution in [2.24, 2.45) is 17.3 Å². The maximum Gasteiger partial charge on any atom is 0.306 e. The molecule has 0 saturated heterocycles. The molecule has 0 unspecified atom stereocenters. The Kier molecular flexibility index (Phi) is 8.29. The highest BCUT2D eigenvalue weighted by molar-refractivity contribution is 5.95. The molecule has 2 heterocycles. The first kappa shape index (κ1) is 31.3. The molecule has 4 aliphatic carbocycles. The number of pyridine rings is 1. The van der Waals surface area contributed by atoms with Crippen molar-refractivity contribution in [2.75, 3.05) is 18.6 Å². The van der Waals surface area contributed by atoms with E-state index in [-0.39, 0.29) is 34.1 Å². The van der Waals surface area contributed by atoms with Gasteiger partial charge in [-0.15, -0.1) is 0 Å². The van der Waals surface area contributed by atoms with Gasteiger partial charge in [-0.05, 0) is 138 Å². The van der Waals surface area contributed by atoms with Crippen LogP contribution in [0.5, 0.6) is 5.75 Å². The number of carbonyl (C=O) groups excluding carboxylic acids is 1. The number of aromatic nitrogens is 3. The number of anilines is 1. The number of ether oxygens (including phenoxy) is 1. The third-order valence-corrected chi connectivity index (χ3v) is 11.2. The molecule has 8 heteroatoms. The summed E-state index contributed by atoms with van der Waals surface area (Å²) >= 11 is 0. The molecule has 1 amide bonds. The highest BCUT2D eigenvalue weighted by atomic mass is 16.5. The van der Waals surface area contributed by atoms with Crippen molar-refractivity contribution in [2.45, 2.75) is 103 Å². The lowest BCUT2D eigenvalue weighted by atomic mass is 9.51. The average molecular weight is 613 g/mol. The van der Waals surface area contributed by atoms with Crippen molar-refractivity contribution in [3.8, 4) is 16.9 Å². The lowest BCUT2D eigenvalue weighted by molar-refractivity contribution is -0.144. The highest BCUT2D eigenvalue weighted by Crippen LogP contribution is 2.58. The summed E-state index contributed by atoms with van der Waals surface area (Å²) in [7, 11) is 1.73. The Labute approximate surface area is 267 Å². The number of carboxylic acids is 1. The molecule has 1 N–H and O–H groups in total. The summed E-state index contributed by atoms with van der Waals surface area (Å²) in [5.41, 5.74) is 4.69. The van der Waals surface area contributed by atoms with Crippen LogP contribution in [0.1, 0.15) is 96.1 Å². The average Bonchev–Trinajstić information content (AvgIpc) is 3.56. The van der Waals surface area contributed by atoms with Crippen LogP contribution in [0.2, 0.25) is 0 Å². The predicted octanol–water partition coefficient (Wildman–Crippen LogP) is 7.53. The Morgan fingerprint density at radius 1 is 0.978 bits per heavy atom. The molecule has 3 aromatic rings. The molecule has 4 aliphatic rings. The second kappa shape index (κ2) is 11.9. The number of carboxylic acid groups (broad SMARTS) is 1. The molecule has 0 radical (unpaired) electrons. The van der Waals surface area contributed by atoms with E-state index in [4.69, 9.17) is 9.72 Å². The van der Waals surface area contributed by atoms with Crippen molar-refractivity contribution in [1.29, 1.82) is 0 Å². The van der Waals surface area contributed by atoms with E-state index in [0.717, 1.165) is 55.4 Å². The number of aryl methyl sites for hydroxylation is 1. The Hall–Kier alpha value is -3.68. The molecule has 4 saturated carbocycles. The predicted molar refractivity (Wildman–Crippen MR) is 175 cm³/mol. The van der Waals surface area contributed by atoms with Gasteiger partial charge in [-0.1, -0.05) is 12.1 Å². The second-order valence-electron chi connectivity index (χ2n) is 15.0. The second-order valence-corrected chi connectivity index (χ2v) is 15.0. The third-order valence-electron chi connectivity index (χ3n) is 11.2. The maximum absolute atomic E-state index is 14.4. The number of amides is 1. The topological polar surface area (TPSA) is 97.5 Å². The minimum absolute atomic E-state index is 0.0476. The largest absolute Gasteiger partial charge is 0.496 e. The van der Waals surface area contributed by atoms with Crippen LogP contribution >= 0.6 is 0 Å². The summed E-state index contributed by atoms with van der Waals surface area (Å²) in [6.45, 7) is 9.15. The van der Waals surface area contributed by atoms with Gasteiger partial charge in [0.2, 0.25) is 5.91 Å². The summed E-state index contributed by atoms with van der Waals surface area (Å²) < 4.78 is 7.50. The van der Waals surface area contributed by atoms with Gasteiger partial charge in [0.15, 0.2) is 0 Å². The molecule has 7 rings (SSSR count). The van der Waals surface area contributed by atoms with E-state index in [2.05, 4.69) is 57.2 Å². The van der Waals surface area contributed by atoms with Crippen molar-refractivity contribution in [1.82, 2.24) is 14.8 Å². The monoisotopic (exact) mass is 612 g/mol. The van der Waals surface area contributed by atoms with E-state index in [1.165, 1.54) is 11.1 Å². The number of hydrogen-bond acceptors (Lipinski definition) is 5. The van der Waals surface area contributed by atoms with Crippen molar-refractivity contribution in [3.05, 3.63) is 60.0 Å². The smallest absolute Gasteiger partial charge is 0.306 e. The summed E-state index contributed by atoms with van der Waals surface area (Å²) in [6.07, 6.45) is 14.6. The van der Waals surface area contributed by atoms with Crippen LogP contribution < -0.4 is 9.64 Å². The zero-order valence-electron chi connectivity index (χ0n) is 27.5. The number of nitrogens with zero attached hydrogens (tertiary/aromatic N) is 4. The standard InChI is InChI=1S/C37H48N4O4/c1-25-20-30(10-11-31(25)45-5)37-16-13-36(14-17-37,15-18-37)24-40(33(42)26-6-8-27(9-7-26)34(43)44)32-21-28(12-19-38-32)29-22-39-41(23-29)35(2,3)4/h10-12,19-23,26-27H,6-9,13-18,24H2,1-5H3,(H,43,44)/t26-,27-,36?,37?. The summed E-state index contributed by atoms with van der Waals surface area (Å²) in [6, 6.07) is 10.7. The number of aliphatic carboxylic acids is 1. The number of hydrogen-bond donors (Lipinski definition) is 1. The number of fused-ring (bicyclic) bond motifs is 3. The first-order chi connectivity index (χ1) is 21.4. The van der Waals surface area contributed by atoms with Gasteiger partial charge in [0.1, 0.15) is 11.6 Å². The van der Waals surface area contributed by atoms with Crippen molar-refractivity contribution < 1.29 is 19.4 Å². The van der Waals surface area contributed by atoms with Gasteiger partial charge in [0.05, 0.1) is 24.8 Å². The molecular formula is C37H48N4O4. The zero-order chi connectivity index (χ0) is 32.0. The Bertz CT molecular complexity index is 1540. The van der Waals surface area contributed by atoms with Gasteiger partial charge < -0.3 is 9.84 Å². The van der Waals surface area contributed by atoms with E-state index in [1.54, 1.807) is 13.3 Å². The van der Waals surface area contributed by atoms with Crippen LogP contribution in [0.4, 0.5) is 5.82 Å². The third kappa shape index (κ3) is 6.12. The van der Waals surface area contributed by atoms with Crippen LogP contribution in [0.3, 0.4) is 0 Å². The van der Waals surface area contributed by atoms with Crippen LogP contribution in [0.15, 0.2) is 48.9 Å². The number of benzene rings is 1. The fourth-order valence-electron chi connectivity index (χ4n) is 8.14. The van der Waals surface area contributed by atoms with E-state index in [1.807, 2.05) is 27.9 Å². The van der Waals surface area contributed by atoms with Gasteiger partial charge in [0.25, 0.3) is 0 Å². The quantitative estimate of drug-likeness (QED) is 0.282. The molecule has 1 aromatic carbocycles. The first-order valence-electron chi connectivity index (χ1n) is 16.6. The normalized spacial score (nSPS) is 26.4. The number of methoxy groups -OCH3 is 1. The SMILES string of the molecule is COc1ccc(C23CCC(CN(c4cc(-c5cnn(C(C)(C)C)c5)ccn4)C(=O)[C@H]4CC[C@H](C(=O)O)CC4)(CC2)CC3)cc1C. The van der Waals surface area contributed by atoms with Crippen LogP contribution in [0.25, 0.3) is 11.1 Å².